The van der Waals surface area contributed by atoms with Crippen molar-refractivity contribution >= 4 is 11.6 Å². The van der Waals surface area contributed by atoms with Gasteiger partial charge in [-0.1, -0.05) is 37.6 Å². The van der Waals surface area contributed by atoms with Crippen LogP contribution in [0.5, 0.6) is 6.01 Å². The van der Waals surface area contributed by atoms with Gasteiger partial charge in [-0.15, -0.1) is 0 Å². The third-order valence-corrected chi connectivity index (χ3v) is 6.37. The van der Waals surface area contributed by atoms with Crippen LogP contribution in [0, 0.1) is 0 Å². The number of ketones is 1. The van der Waals surface area contributed by atoms with Gasteiger partial charge in [-0.05, 0) is 56.8 Å². The molecule has 6 nitrogen and oxygen atoms in total. The molecule has 166 valence electrons. The Balaban J connectivity index is 1.55. The maximum absolute atomic E-state index is 12.5. The van der Waals surface area contributed by atoms with Crippen molar-refractivity contribution < 1.29 is 9.53 Å². The van der Waals surface area contributed by atoms with Gasteiger partial charge in [0.25, 0.3) is 0 Å². The number of anilines is 1. The number of hydrogen-bond acceptors (Lipinski definition) is 6. The van der Waals surface area contributed by atoms with Crippen LogP contribution in [-0.2, 0) is 24.2 Å². The Morgan fingerprint density at radius 3 is 2.77 bits per heavy atom. The van der Waals surface area contributed by atoms with Crippen LogP contribution in [0.3, 0.4) is 0 Å². The summed E-state index contributed by atoms with van der Waals surface area (Å²) < 4.78 is 5.93. The molecule has 0 saturated carbocycles. The molecular weight excluding hydrogens is 388 g/mol. The summed E-state index contributed by atoms with van der Waals surface area (Å²) in [7, 11) is 0. The van der Waals surface area contributed by atoms with Crippen molar-refractivity contribution in [3.63, 3.8) is 0 Å². The Morgan fingerprint density at radius 1 is 1.23 bits per heavy atom. The van der Waals surface area contributed by atoms with E-state index in [1.54, 1.807) is 0 Å². The first-order chi connectivity index (χ1) is 15.0. The number of aromatic nitrogens is 2. The molecule has 0 radical (unpaired) electrons. The highest BCUT2D eigenvalue weighted by Crippen LogP contribution is 2.35. The van der Waals surface area contributed by atoms with Gasteiger partial charge in [-0.25, -0.2) is 0 Å². The van der Waals surface area contributed by atoms with Crippen molar-refractivity contribution in [2.24, 2.45) is 0 Å². The molecule has 1 aromatic heterocycles. The summed E-state index contributed by atoms with van der Waals surface area (Å²) >= 11 is 0. The fraction of sp³-hybridized carbons (Fsp3) is 0.560. The minimum atomic E-state index is 0.00687. The molecule has 0 spiro atoms. The molecule has 0 amide bonds. The number of likely N-dealkylation sites (tertiary alicyclic amines) is 1. The number of nitrogen functional groups attached to an aromatic ring is 1. The van der Waals surface area contributed by atoms with E-state index in [1.165, 1.54) is 37.1 Å². The van der Waals surface area contributed by atoms with E-state index in [1.807, 2.05) is 6.92 Å². The van der Waals surface area contributed by atoms with Gasteiger partial charge in [0.05, 0.1) is 11.8 Å². The quantitative estimate of drug-likeness (QED) is 0.691. The van der Waals surface area contributed by atoms with E-state index < -0.39 is 0 Å². The van der Waals surface area contributed by atoms with Gasteiger partial charge in [-0.3, -0.25) is 9.69 Å². The van der Waals surface area contributed by atoms with Crippen LogP contribution in [0.2, 0.25) is 0 Å². The molecule has 2 atom stereocenters. The van der Waals surface area contributed by atoms with Crippen molar-refractivity contribution in [3.8, 4) is 6.01 Å². The number of rotatable bonds is 8. The number of nitrogens with two attached hydrogens (primary N) is 1. The second kappa shape index (κ2) is 9.77. The van der Waals surface area contributed by atoms with Gasteiger partial charge in [0, 0.05) is 30.9 Å². The smallest absolute Gasteiger partial charge is 0.318 e. The molecule has 1 saturated heterocycles. The predicted molar refractivity (Wildman–Crippen MR) is 122 cm³/mol. The molecule has 1 aromatic carbocycles. The predicted octanol–water partition coefficient (Wildman–Crippen LogP) is 4.06. The molecule has 1 aliphatic heterocycles. The SMILES string of the molecule is CCCC(C)Oc1nc(N)c2c(n1)C(Cc1cccc(CN3CCCC3)c1)CC(=O)C2. The normalized spacial score (nSPS) is 19.9. The van der Waals surface area contributed by atoms with Gasteiger partial charge < -0.3 is 10.5 Å². The van der Waals surface area contributed by atoms with E-state index in [0.717, 1.165) is 37.1 Å². The number of ether oxygens (including phenoxy) is 1. The van der Waals surface area contributed by atoms with Gasteiger partial charge in [0.2, 0.25) is 0 Å². The summed E-state index contributed by atoms with van der Waals surface area (Å²) in [6.45, 7) is 7.52. The van der Waals surface area contributed by atoms with Crippen LogP contribution in [0.4, 0.5) is 5.82 Å². The molecule has 31 heavy (non-hydrogen) atoms. The average Bonchev–Trinajstić information content (AvgIpc) is 3.22. The summed E-state index contributed by atoms with van der Waals surface area (Å²) in [4.78, 5) is 24.1. The van der Waals surface area contributed by atoms with Crippen molar-refractivity contribution in [2.45, 2.75) is 77.4 Å². The molecular formula is C25H34N4O2. The molecule has 1 fully saturated rings. The zero-order chi connectivity index (χ0) is 21.8. The number of carbonyl (C=O) groups is 1. The summed E-state index contributed by atoms with van der Waals surface area (Å²) in [5, 5.41) is 0. The van der Waals surface area contributed by atoms with E-state index in [0.29, 0.717) is 24.7 Å². The summed E-state index contributed by atoms with van der Waals surface area (Å²) in [6, 6.07) is 9.09. The van der Waals surface area contributed by atoms with Crippen LogP contribution in [0.1, 0.15) is 74.3 Å². The number of benzene rings is 1. The van der Waals surface area contributed by atoms with Gasteiger partial charge in [-0.2, -0.15) is 9.97 Å². The summed E-state index contributed by atoms with van der Waals surface area (Å²) in [6.07, 6.45) is 6.17. The highest BCUT2D eigenvalue weighted by atomic mass is 16.5. The highest BCUT2D eigenvalue weighted by Gasteiger charge is 2.30. The number of Topliss-reactive ketones (excluding diaryl/α,β-unsaturated/α-hetero) is 1. The van der Waals surface area contributed by atoms with Gasteiger partial charge >= 0.3 is 6.01 Å². The van der Waals surface area contributed by atoms with Crippen LogP contribution in [0.25, 0.3) is 0 Å². The van der Waals surface area contributed by atoms with E-state index >= 15 is 0 Å². The zero-order valence-electron chi connectivity index (χ0n) is 18.8. The van der Waals surface area contributed by atoms with Crippen molar-refractivity contribution in [1.29, 1.82) is 0 Å². The molecule has 0 bridgehead atoms. The summed E-state index contributed by atoms with van der Waals surface area (Å²) in [5.74, 6) is 0.589. The van der Waals surface area contributed by atoms with Crippen LogP contribution in [-0.4, -0.2) is 39.8 Å². The number of hydrogen-bond donors (Lipinski definition) is 1. The maximum Gasteiger partial charge on any atom is 0.318 e. The number of carbonyl (C=O) groups excluding carboxylic acids is 1. The minimum absolute atomic E-state index is 0.00687. The van der Waals surface area contributed by atoms with Gasteiger partial charge in [0.15, 0.2) is 0 Å². The lowest BCUT2D eigenvalue weighted by Gasteiger charge is -2.25. The monoisotopic (exact) mass is 422 g/mol. The van der Waals surface area contributed by atoms with E-state index in [9.17, 15) is 4.79 Å². The van der Waals surface area contributed by atoms with Crippen LogP contribution < -0.4 is 10.5 Å². The van der Waals surface area contributed by atoms with E-state index in [4.69, 9.17) is 15.5 Å². The first-order valence-corrected chi connectivity index (χ1v) is 11.7. The average molecular weight is 423 g/mol. The molecule has 2 unspecified atom stereocenters. The maximum atomic E-state index is 12.5. The topological polar surface area (TPSA) is 81.3 Å². The van der Waals surface area contributed by atoms with E-state index in [-0.39, 0.29) is 17.8 Å². The van der Waals surface area contributed by atoms with Crippen molar-refractivity contribution in [1.82, 2.24) is 14.9 Å². The lowest BCUT2D eigenvalue weighted by molar-refractivity contribution is -0.119. The second-order valence-corrected chi connectivity index (χ2v) is 9.10. The largest absolute Gasteiger partial charge is 0.460 e. The zero-order valence-corrected chi connectivity index (χ0v) is 18.8. The molecule has 4 rings (SSSR count). The molecule has 6 heteroatoms. The lowest BCUT2D eigenvalue weighted by atomic mass is 9.82. The fourth-order valence-electron chi connectivity index (χ4n) is 4.86. The fourth-order valence-corrected chi connectivity index (χ4v) is 4.86. The van der Waals surface area contributed by atoms with E-state index in [2.05, 4.69) is 41.1 Å². The Bertz CT molecular complexity index is 924. The van der Waals surface area contributed by atoms with Crippen molar-refractivity contribution in [3.05, 3.63) is 46.6 Å². The van der Waals surface area contributed by atoms with Crippen LogP contribution in [0.15, 0.2) is 24.3 Å². The van der Waals surface area contributed by atoms with Crippen LogP contribution >= 0.6 is 0 Å². The molecule has 2 N–H and O–H groups in total. The Labute approximate surface area is 185 Å². The molecule has 2 aromatic rings. The lowest BCUT2D eigenvalue weighted by Crippen LogP contribution is -2.25. The molecule has 2 aliphatic rings. The third kappa shape index (κ3) is 5.42. The molecule has 2 heterocycles. The number of nitrogens with zero attached hydrogens (tertiary/aromatic N) is 3. The number of fused-ring (bicyclic) bond motifs is 1. The van der Waals surface area contributed by atoms with Gasteiger partial charge in [0.1, 0.15) is 11.6 Å². The first-order valence-electron chi connectivity index (χ1n) is 11.7. The summed E-state index contributed by atoms with van der Waals surface area (Å²) in [5.41, 5.74) is 10.5. The Hall–Kier alpha value is -2.47. The Morgan fingerprint density at radius 2 is 2.00 bits per heavy atom. The second-order valence-electron chi connectivity index (χ2n) is 9.10. The third-order valence-electron chi connectivity index (χ3n) is 6.37. The first kappa shape index (κ1) is 21.8. The molecule has 1 aliphatic carbocycles. The minimum Gasteiger partial charge on any atom is -0.460 e. The highest BCUT2D eigenvalue weighted by molar-refractivity contribution is 5.85. The standard InChI is InChI=1S/C25H34N4O2/c1-3-7-17(2)31-25-27-23-20(14-21(30)15-22(23)24(26)28-25)13-18-8-6-9-19(12-18)16-29-10-4-5-11-29/h6,8-9,12,17,20H,3-5,7,10-11,13-16H2,1-2H3,(H2,26,27,28). The Kier molecular flexibility index (Phi) is 6.86. The van der Waals surface area contributed by atoms with Crippen molar-refractivity contribution in [2.75, 3.05) is 18.8 Å².